The molecule has 3 N–H and O–H groups in total. The fraction of sp³-hybridized carbons (Fsp3) is 0.222. The number of nitrogens with zero attached hydrogens (tertiary/aromatic N) is 2. The number of hydrogen-bond acceptors (Lipinski definition) is 4. The van der Waals surface area contributed by atoms with Crippen LogP contribution in [0.1, 0.15) is 5.82 Å². The summed E-state index contributed by atoms with van der Waals surface area (Å²) in [5.41, 5.74) is -0.281. The molecule has 2 aromatic rings. The van der Waals surface area contributed by atoms with E-state index in [1.54, 1.807) is 6.20 Å². The highest BCUT2D eigenvalue weighted by Gasteiger charge is 1.98. The molecule has 0 saturated heterocycles. The molecule has 0 aliphatic carbocycles. The quantitative estimate of drug-likeness (QED) is 0.779. The Morgan fingerprint density at radius 2 is 2.31 bits per heavy atom. The summed E-state index contributed by atoms with van der Waals surface area (Å²) in [4.78, 5) is 17.5. The summed E-state index contributed by atoms with van der Waals surface area (Å²) in [7, 11) is 0. The average Bonchev–Trinajstić information content (AvgIpc) is 2.67. The highest BCUT2D eigenvalue weighted by atomic mass is 79.9. The van der Waals surface area contributed by atoms with Crippen molar-refractivity contribution < 1.29 is 0 Å². The van der Waals surface area contributed by atoms with E-state index in [0.29, 0.717) is 18.8 Å². The van der Waals surface area contributed by atoms with Gasteiger partial charge in [-0.05, 0) is 28.1 Å². The lowest BCUT2D eigenvalue weighted by molar-refractivity contribution is 0.897. The second kappa shape index (κ2) is 4.93. The fourth-order valence-corrected chi connectivity index (χ4v) is 1.45. The van der Waals surface area contributed by atoms with E-state index in [0.717, 1.165) is 10.3 Å². The van der Waals surface area contributed by atoms with Gasteiger partial charge in [-0.2, -0.15) is 5.10 Å². The highest BCUT2D eigenvalue weighted by molar-refractivity contribution is 9.10. The number of hydrogen-bond donors (Lipinski definition) is 3. The van der Waals surface area contributed by atoms with Crippen LogP contribution in [0, 0.1) is 0 Å². The van der Waals surface area contributed by atoms with Crippen molar-refractivity contribution in [1.29, 1.82) is 0 Å². The molecular weight excluding hydrogens is 274 g/mol. The van der Waals surface area contributed by atoms with E-state index < -0.39 is 0 Å². The molecule has 0 aromatic carbocycles. The first-order chi connectivity index (χ1) is 7.74. The van der Waals surface area contributed by atoms with Crippen LogP contribution in [0.2, 0.25) is 0 Å². The van der Waals surface area contributed by atoms with Gasteiger partial charge in [-0.1, -0.05) is 0 Å². The summed E-state index contributed by atoms with van der Waals surface area (Å²) in [6.45, 7) is 0.662. The second-order valence-corrected chi connectivity index (χ2v) is 4.08. The number of H-pyrrole nitrogens is 2. The van der Waals surface area contributed by atoms with Crippen LogP contribution in [-0.4, -0.2) is 26.7 Å². The van der Waals surface area contributed by atoms with Crippen LogP contribution in [0.4, 0.5) is 5.82 Å². The Hall–Kier alpha value is -1.63. The molecule has 0 radical (unpaired) electrons. The molecule has 0 atom stereocenters. The molecule has 7 heteroatoms. The molecule has 84 valence electrons. The minimum absolute atomic E-state index is 0.281. The maximum atomic E-state index is 10.7. The number of halogens is 1. The predicted octanol–water partition coefficient (Wildman–Crippen LogP) is 0.910. The van der Waals surface area contributed by atoms with Crippen molar-refractivity contribution in [2.75, 3.05) is 11.9 Å². The van der Waals surface area contributed by atoms with Gasteiger partial charge in [0.25, 0.3) is 0 Å². The monoisotopic (exact) mass is 283 g/mol. The van der Waals surface area contributed by atoms with Gasteiger partial charge in [-0.15, -0.1) is 0 Å². The van der Waals surface area contributed by atoms with E-state index >= 15 is 0 Å². The largest absolute Gasteiger partial charge is 0.370 e. The molecule has 2 rings (SSSR count). The Kier molecular flexibility index (Phi) is 3.35. The lowest BCUT2D eigenvalue weighted by Crippen LogP contribution is -2.08. The second-order valence-electron chi connectivity index (χ2n) is 3.16. The minimum Gasteiger partial charge on any atom is -0.370 e. The van der Waals surface area contributed by atoms with Gasteiger partial charge in [-0.25, -0.2) is 14.9 Å². The average molecular weight is 284 g/mol. The van der Waals surface area contributed by atoms with Crippen LogP contribution in [-0.2, 0) is 6.42 Å². The number of aromatic nitrogens is 4. The van der Waals surface area contributed by atoms with Crippen LogP contribution in [0.5, 0.6) is 0 Å². The zero-order valence-corrected chi connectivity index (χ0v) is 9.91. The van der Waals surface area contributed by atoms with Crippen LogP contribution < -0.4 is 11.0 Å². The summed E-state index contributed by atoms with van der Waals surface area (Å²) in [6.07, 6.45) is 2.36. The van der Waals surface area contributed by atoms with E-state index in [1.165, 1.54) is 0 Å². The number of nitrogens with one attached hydrogen (secondary N) is 3. The topological polar surface area (TPSA) is 86.5 Å². The standard InChI is InChI=1S/C9H10BrN5O/c10-6-1-2-7(12-5-6)11-4-3-8-13-9(16)15-14-8/h1-2,5H,3-4H2,(H,11,12)(H2,13,14,15,16). The highest BCUT2D eigenvalue weighted by Crippen LogP contribution is 2.10. The normalized spacial score (nSPS) is 10.3. The molecule has 0 saturated carbocycles. The number of pyridine rings is 1. The molecule has 16 heavy (non-hydrogen) atoms. The Bertz CT molecular complexity index is 503. The Labute approximate surface area is 99.6 Å². The molecule has 6 nitrogen and oxygen atoms in total. The maximum Gasteiger partial charge on any atom is 0.340 e. The molecule has 0 aliphatic rings. The molecule has 0 spiro atoms. The van der Waals surface area contributed by atoms with Crippen molar-refractivity contribution in [1.82, 2.24) is 20.2 Å². The lowest BCUT2D eigenvalue weighted by atomic mass is 10.4. The van der Waals surface area contributed by atoms with Gasteiger partial charge in [0.05, 0.1) is 0 Å². The summed E-state index contributed by atoms with van der Waals surface area (Å²) >= 11 is 3.31. The molecular formula is C9H10BrN5O. The number of anilines is 1. The third kappa shape index (κ3) is 2.93. The molecule has 0 amide bonds. The SMILES string of the molecule is O=c1[nH]nc(CCNc2ccc(Br)cn2)[nH]1. The Balaban J connectivity index is 1.84. The van der Waals surface area contributed by atoms with E-state index in [1.807, 2.05) is 12.1 Å². The molecule has 0 unspecified atom stereocenters. The van der Waals surface area contributed by atoms with Crippen molar-refractivity contribution in [3.8, 4) is 0 Å². The van der Waals surface area contributed by atoms with Crippen molar-refractivity contribution in [3.05, 3.63) is 39.1 Å². The van der Waals surface area contributed by atoms with E-state index in [-0.39, 0.29) is 5.69 Å². The van der Waals surface area contributed by atoms with Crippen molar-refractivity contribution in [3.63, 3.8) is 0 Å². The number of rotatable bonds is 4. The molecule has 0 bridgehead atoms. The zero-order valence-electron chi connectivity index (χ0n) is 8.33. The summed E-state index contributed by atoms with van der Waals surface area (Å²) < 4.78 is 0.940. The summed E-state index contributed by atoms with van der Waals surface area (Å²) in [5, 5.41) is 9.24. The van der Waals surface area contributed by atoms with Gasteiger partial charge < -0.3 is 5.32 Å². The smallest absolute Gasteiger partial charge is 0.340 e. The molecule has 0 fully saturated rings. The first kappa shape index (κ1) is 10.9. The van der Waals surface area contributed by atoms with Crippen LogP contribution in [0.15, 0.2) is 27.6 Å². The van der Waals surface area contributed by atoms with E-state index in [9.17, 15) is 4.79 Å². The van der Waals surface area contributed by atoms with Gasteiger partial charge >= 0.3 is 5.69 Å². The van der Waals surface area contributed by atoms with Crippen LogP contribution >= 0.6 is 15.9 Å². The number of aromatic amines is 2. The zero-order chi connectivity index (χ0) is 11.4. The Morgan fingerprint density at radius 1 is 1.44 bits per heavy atom. The third-order valence-electron chi connectivity index (χ3n) is 1.95. The first-order valence-electron chi connectivity index (χ1n) is 4.73. The maximum absolute atomic E-state index is 10.7. The van der Waals surface area contributed by atoms with Gasteiger partial charge in [0.2, 0.25) is 0 Å². The molecule has 2 aromatic heterocycles. The van der Waals surface area contributed by atoms with Gasteiger partial charge in [0, 0.05) is 23.6 Å². The predicted molar refractivity (Wildman–Crippen MR) is 63.3 cm³/mol. The van der Waals surface area contributed by atoms with Crippen molar-refractivity contribution in [2.24, 2.45) is 0 Å². The summed E-state index contributed by atoms with van der Waals surface area (Å²) in [6, 6.07) is 3.78. The third-order valence-corrected chi connectivity index (χ3v) is 2.41. The van der Waals surface area contributed by atoms with E-state index in [2.05, 4.69) is 41.4 Å². The van der Waals surface area contributed by atoms with Crippen molar-refractivity contribution in [2.45, 2.75) is 6.42 Å². The van der Waals surface area contributed by atoms with Gasteiger partial charge in [-0.3, -0.25) is 4.98 Å². The van der Waals surface area contributed by atoms with Gasteiger partial charge in [0.1, 0.15) is 11.6 Å². The van der Waals surface area contributed by atoms with E-state index in [4.69, 9.17) is 0 Å². The Morgan fingerprint density at radius 3 is 2.94 bits per heavy atom. The molecule has 2 heterocycles. The first-order valence-corrected chi connectivity index (χ1v) is 5.52. The lowest BCUT2D eigenvalue weighted by Gasteiger charge is -2.03. The van der Waals surface area contributed by atoms with Crippen LogP contribution in [0.25, 0.3) is 0 Å². The van der Waals surface area contributed by atoms with Crippen molar-refractivity contribution >= 4 is 21.7 Å². The molecule has 0 aliphatic heterocycles. The summed E-state index contributed by atoms with van der Waals surface area (Å²) in [5.74, 6) is 1.43. The van der Waals surface area contributed by atoms with Gasteiger partial charge in [0.15, 0.2) is 0 Å². The van der Waals surface area contributed by atoms with Crippen LogP contribution in [0.3, 0.4) is 0 Å². The minimum atomic E-state index is -0.281. The fourth-order valence-electron chi connectivity index (χ4n) is 1.21.